The lowest BCUT2D eigenvalue weighted by molar-refractivity contribution is 0.0764. The number of hydrogen-bond acceptors (Lipinski definition) is 4. The fraction of sp³-hybridized carbons (Fsp3) is 0.636. The number of rotatable bonds is 5. The van der Waals surface area contributed by atoms with Gasteiger partial charge in [-0.15, -0.1) is 0 Å². The molecule has 0 fully saturated rings. The maximum absolute atomic E-state index is 12.0. The number of anilines is 1. The smallest absolute Gasteiger partial charge is 0.276 e. The third-order valence-electron chi connectivity index (χ3n) is 2.67. The third-order valence-corrected chi connectivity index (χ3v) is 2.67. The third kappa shape index (κ3) is 3.20. The summed E-state index contributed by atoms with van der Waals surface area (Å²) in [5.41, 5.74) is 7.27. The van der Waals surface area contributed by atoms with E-state index in [1.165, 1.54) is 4.90 Å². The zero-order valence-corrected chi connectivity index (χ0v) is 10.5. The van der Waals surface area contributed by atoms with Crippen LogP contribution in [-0.2, 0) is 6.42 Å². The van der Waals surface area contributed by atoms with Gasteiger partial charge in [0, 0.05) is 13.6 Å². The Morgan fingerprint density at radius 2 is 2.29 bits per heavy atom. The van der Waals surface area contributed by atoms with Crippen LogP contribution in [0.1, 0.15) is 36.5 Å². The largest absolute Gasteiger partial charge is 0.395 e. The second-order valence-electron chi connectivity index (χ2n) is 4.18. The number of nitrogens with two attached hydrogens (primary N) is 1. The number of nitrogen functional groups attached to an aromatic ring is 1. The van der Waals surface area contributed by atoms with Crippen LogP contribution in [0.5, 0.6) is 0 Å². The normalized spacial score (nSPS) is 12.5. The van der Waals surface area contributed by atoms with E-state index in [-0.39, 0.29) is 11.6 Å². The van der Waals surface area contributed by atoms with Gasteiger partial charge in [-0.1, -0.05) is 6.92 Å². The number of nitrogens with one attached hydrogen (secondary N) is 1. The number of amides is 1. The molecule has 0 radical (unpaired) electrons. The van der Waals surface area contributed by atoms with Crippen LogP contribution in [0.25, 0.3) is 0 Å². The molecule has 0 bridgehead atoms. The Bertz CT molecular complexity index is 387. The van der Waals surface area contributed by atoms with Crippen LogP contribution in [0.2, 0.25) is 0 Å². The first-order chi connectivity index (χ1) is 7.97. The van der Waals surface area contributed by atoms with Gasteiger partial charge in [0.15, 0.2) is 5.69 Å². The number of carbonyl (C=O) groups is 1. The van der Waals surface area contributed by atoms with Crippen molar-refractivity contribution >= 4 is 11.6 Å². The topological polar surface area (TPSA) is 95.2 Å². The van der Waals surface area contributed by atoms with Crippen molar-refractivity contribution in [2.45, 2.75) is 32.8 Å². The summed E-state index contributed by atoms with van der Waals surface area (Å²) >= 11 is 0. The van der Waals surface area contributed by atoms with E-state index in [0.717, 1.165) is 5.69 Å². The Hall–Kier alpha value is -1.56. The molecule has 4 N–H and O–H groups in total. The molecule has 0 aliphatic heterocycles. The van der Waals surface area contributed by atoms with Gasteiger partial charge in [0.25, 0.3) is 5.91 Å². The van der Waals surface area contributed by atoms with Gasteiger partial charge >= 0.3 is 0 Å². The van der Waals surface area contributed by atoms with Gasteiger partial charge < -0.3 is 15.7 Å². The first-order valence-corrected chi connectivity index (χ1v) is 5.73. The predicted molar refractivity (Wildman–Crippen MR) is 65.6 cm³/mol. The van der Waals surface area contributed by atoms with Crippen molar-refractivity contribution in [1.82, 2.24) is 15.1 Å². The molecule has 0 spiro atoms. The van der Waals surface area contributed by atoms with E-state index in [1.807, 2.05) is 6.92 Å². The van der Waals surface area contributed by atoms with E-state index in [9.17, 15) is 4.79 Å². The molecule has 6 nitrogen and oxygen atoms in total. The first kappa shape index (κ1) is 13.5. The Balaban J connectivity index is 2.71. The van der Waals surface area contributed by atoms with Crippen LogP contribution < -0.4 is 5.73 Å². The summed E-state index contributed by atoms with van der Waals surface area (Å²) in [5, 5.41) is 15.8. The Morgan fingerprint density at radius 3 is 2.76 bits per heavy atom. The van der Waals surface area contributed by atoms with E-state index in [1.54, 1.807) is 14.0 Å². The number of nitrogens with zero attached hydrogens (tertiary/aromatic N) is 2. The zero-order chi connectivity index (χ0) is 13.0. The number of aliphatic hydroxyl groups excluding tert-OH is 1. The molecule has 0 aliphatic carbocycles. The maximum Gasteiger partial charge on any atom is 0.276 e. The second kappa shape index (κ2) is 5.67. The molecular formula is C11H20N4O2. The predicted octanol–water partition coefficient (Wildman–Crippen LogP) is 0.397. The molecular weight excluding hydrogens is 220 g/mol. The summed E-state index contributed by atoms with van der Waals surface area (Å²) in [6.07, 6.45) is 0.824. The van der Waals surface area contributed by atoms with Crippen molar-refractivity contribution in [3.8, 4) is 0 Å². The molecule has 0 aromatic carbocycles. The van der Waals surface area contributed by atoms with Crippen molar-refractivity contribution in [3.05, 3.63) is 11.4 Å². The van der Waals surface area contributed by atoms with Gasteiger partial charge in [-0.05, 0) is 19.8 Å². The monoisotopic (exact) mass is 240 g/mol. The van der Waals surface area contributed by atoms with Crippen LogP contribution >= 0.6 is 0 Å². The summed E-state index contributed by atoms with van der Waals surface area (Å²) in [7, 11) is 1.67. The number of carbonyl (C=O) groups excluding carboxylic acids is 1. The average molecular weight is 240 g/mol. The van der Waals surface area contributed by atoms with Gasteiger partial charge in [-0.3, -0.25) is 9.89 Å². The molecule has 0 aliphatic rings. The number of hydrogen-bond donors (Lipinski definition) is 3. The number of H-pyrrole nitrogens is 1. The summed E-state index contributed by atoms with van der Waals surface area (Å²) in [4.78, 5) is 13.5. The number of aromatic amines is 1. The van der Waals surface area contributed by atoms with Crippen LogP contribution in [0.4, 0.5) is 5.69 Å². The molecule has 1 aromatic heterocycles. The molecule has 0 saturated carbocycles. The van der Waals surface area contributed by atoms with Gasteiger partial charge in [-0.25, -0.2) is 0 Å². The fourth-order valence-corrected chi connectivity index (χ4v) is 1.48. The van der Waals surface area contributed by atoms with Gasteiger partial charge in [-0.2, -0.15) is 5.10 Å². The van der Waals surface area contributed by atoms with E-state index < -0.39 is 6.10 Å². The highest BCUT2D eigenvalue weighted by atomic mass is 16.3. The van der Waals surface area contributed by atoms with Crippen molar-refractivity contribution in [2.24, 2.45) is 0 Å². The summed E-state index contributed by atoms with van der Waals surface area (Å²) in [6.45, 7) is 4.11. The van der Waals surface area contributed by atoms with Crippen molar-refractivity contribution in [1.29, 1.82) is 0 Å². The van der Waals surface area contributed by atoms with Crippen molar-refractivity contribution in [3.63, 3.8) is 0 Å². The maximum atomic E-state index is 12.0. The van der Waals surface area contributed by atoms with Gasteiger partial charge in [0.05, 0.1) is 17.5 Å². The van der Waals surface area contributed by atoms with Gasteiger partial charge in [0.1, 0.15) is 0 Å². The molecule has 1 aromatic rings. The van der Waals surface area contributed by atoms with Crippen LogP contribution in [0.3, 0.4) is 0 Å². The average Bonchev–Trinajstić information content (AvgIpc) is 2.66. The molecule has 1 rings (SSSR count). The molecule has 96 valence electrons. The van der Waals surface area contributed by atoms with Crippen molar-refractivity contribution < 1.29 is 9.90 Å². The molecule has 1 atom stereocenters. The highest BCUT2D eigenvalue weighted by Crippen LogP contribution is 2.16. The summed E-state index contributed by atoms with van der Waals surface area (Å²) in [6, 6.07) is 0. The molecule has 1 heterocycles. The van der Waals surface area contributed by atoms with Gasteiger partial charge in [0.2, 0.25) is 0 Å². The summed E-state index contributed by atoms with van der Waals surface area (Å²) < 4.78 is 0. The second-order valence-corrected chi connectivity index (χ2v) is 4.18. The fourth-order valence-electron chi connectivity index (χ4n) is 1.48. The molecule has 6 heteroatoms. The minimum atomic E-state index is -0.423. The van der Waals surface area contributed by atoms with Crippen LogP contribution in [0.15, 0.2) is 0 Å². The van der Waals surface area contributed by atoms with E-state index in [2.05, 4.69) is 10.2 Å². The highest BCUT2D eigenvalue weighted by Gasteiger charge is 2.19. The standard InChI is InChI=1S/C11H20N4O2/c1-4-8-9(12)10(14-13-8)11(17)15(3)6-5-7(2)16/h7,16H,4-6,12H2,1-3H3,(H,13,14). The van der Waals surface area contributed by atoms with Crippen LogP contribution in [0, 0.1) is 0 Å². The Labute approximate surface area is 101 Å². The number of aromatic nitrogens is 2. The lowest BCUT2D eigenvalue weighted by Gasteiger charge is -2.16. The van der Waals surface area contributed by atoms with E-state index in [4.69, 9.17) is 10.8 Å². The number of aryl methyl sites for hydroxylation is 1. The van der Waals surface area contributed by atoms with E-state index >= 15 is 0 Å². The Kier molecular flexibility index (Phi) is 4.51. The molecule has 1 unspecified atom stereocenters. The lowest BCUT2D eigenvalue weighted by Crippen LogP contribution is -2.30. The lowest BCUT2D eigenvalue weighted by atomic mass is 10.2. The minimum absolute atomic E-state index is 0.223. The molecule has 17 heavy (non-hydrogen) atoms. The zero-order valence-electron chi connectivity index (χ0n) is 10.5. The number of aliphatic hydroxyl groups is 1. The van der Waals surface area contributed by atoms with E-state index in [0.29, 0.717) is 25.1 Å². The quantitative estimate of drug-likeness (QED) is 0.694. The SMILES string of the molecule is CCc1[nH]nc(C(=O)N(C)CCC(C)O)c1N. The molecule has 1 amide bonds. The first-order valence-electron chi connectivity index (χ1n) is 5.73. The van der Waals surface area contributed by atoms with Crippen LogP contribution in [-0.4, -0.2) is 45.8 Å². The highest BCUT2D eigenvalue weighted by molar-refractivity contribution is 5.97. The Morgan fingerprint density at radius 1 is 1.65 bits per heavy atom. The van der Waals surface area contributed by atoms with Crippen molar-refractivity contribution in [2.75, 3.05) is 19.3 Å². The summed E-state index contributed by atoms with van der Waals surface area (Å²) in [5.74, 6) is -0.223. The molecule has 0 saturated heterocycles. The minimum Gasteiger partial charge on any atom is -0.395 e.